The maximum Gasteiger partial charge on any atom is 0.416 e. The van der Waals surface area contributed by atoms with Gasteiger partial charge in [0.15, 0.2) is 0 Å². The van der Waals surface area contributed by atoms with Crippen molar-refractivity contribution in [3.63, 3.8) is 0 Å². The summed E-state index contributed by atoms with van der Waals surface area (Å²) in [5.74, 6) is -1.21. The van der Waals surface area contributed by atoms with E-state index in [-0.39, 0.29) is 22.9 Å². The number of alkyl halides is 3. The van der Waals surface area contributed by atoms with E-state index in [1.165, 1.54) is 30.5 Å². The highest BCUT2D eigenvalue weighted by molar-refractivity contribution is 6.08. The molecule has 5 aromatic rings. The van der Waals surface area contributed by atoms with Crippen molar-refractivity contribution in [2.24, 2.45) is 0 Å². The highest BCUT2D eigenvalue weighted by Crippen LogP contribution is 2.32. The third-order valence-electron chi connectivity index (χ3n) is 7.26. The average Bonchev–Trinajstić information content (AvgIpc) is 3.07. The molecule has 0 aliphatic carbocycles. The molecular formula is C36H29F3N4O3. The Morgan fingerprint density at radius 3 is 2.02 bits per heavy atom. The first-order valence-corrected chi connectivity index (χ1v) is 14.3. The van der Waals surface area contributed by atoms with Gasteiger partial charge in [0.25, 0.3) is 11.8 Å². The van der Waals surface area contributed by atoms with Gasteiger partial charge in [-0.25, -0.2) is 4.98 Å². The van der Waals surface area contributed by atoms with Crippen LogP contribution in [0.4, 0.5) is 19.0 Å². The maximum absolute atomic E-state index is 13.5. The summed E-state index contributed by atoms with van der Waals surface area (Å²) < 4.78 is 39.1. The predicted octanol–water partition coefficient (Wildman–Crippen LogP) is 7.15. The Labute approximate surface area is 263 Å². The lowest BCUT2D eigenvalue weighted by Gasteiger charge is -2.25. The minimum Gasteiger partial charge on any atom is -0.339 e. The average molecular weight is 623 g/mol. The standard InChI is InChI=1S/C36H29F3N4O3/c1-43(23-24-10-4-2-5-11-24)35(46)32(26-12-6-3-7-13-26)42-33(44)27-18-21-31(40-22-27)41-34(45)30-15-9-8-14-29(30)25-16-19-28(20-17-25)36(37,38)39/h2-22,32H,23H2,1H3,(H,42,44)(H,40,41,45)/t32-/m0/s1. The van der Waals surface area contributed by atoms with Crippen molar-refractivity contribution >= 4 is 23.5 Å². The number of hydrogen-bond donors (Lipinski definition) is 2. The number of nitrogens with one attached hydrogen (secondary N) is 2. The molecule has 0 spiro atoms. The van der Waals surface area contributed by atoms with Crippen molar-refractivity contribution in [2.75, 3.05) is 12.4 Å². The van der Waals surface area contributed by atoms with E-state index < -0.39 is 29.6 Å². The van der Waals surface area contributed by atoms with Gasteiger partial charge in [-0.3, -0.25) is 14.4 Å². The van der Waals surface area contributed by atoms with Crippen LogP contribution in [-0.2, 0) is 17.5 Å². The molecule has 0 radical (unpaired) electrons. The molecule has 0 unspecified atom stereocenters. The summed E-state index contributed by atoms with van der Waals surface area (Å²) in [6.07, 6.45) is -3.19. The molecule has 0 aliphatic rings. The third kappa shape index (κ3) is 7.65. The summed E-state index contributed by atoms with van der Waals surface area (Å²) in [7, 11) is 1.67. The van der Waals surface area contributed by atoms with Gasteiger partial charge in [0.1, 0.15) is 11.9 Å². The van der Waals surface area contributed by atoms with E-state index >= 15 is 0 Å². The number of carbonyl (C=O) groups is 3. The molecule has 0 bridgehead atoms. The zero-order valence-corrected chi connectivity index (χ0v) is 24.7. The SMILES string of the molecule is CN(Cc1ccccc1)C(=O)[C@@H](NC(=O)c1ccc(NC(=O)c2ccccc2-c2ccc(C(F)(F)F)cc2)nc1)c1ccccc1. The van der Waals surface area contributed by atoms with Crippen LogP contribution in [0.15, 0.2) is 128 Å². The first-order chi connectivity index (χ1) is 22.1. The Bertz CT molecular complexity index is 1810. The number of amides is 3. The van der Waals surface area contributed by atoms with Crippen LogP contribution in [0.3, 0.4) is 0 Å². The van der Waals surface area contributed by atoms with Crippen LogP contribution >= 0.6 is 0 Å². The summed E-state index contributed by atoms with van der Waals surface area (Å²) >= 11 is 0. The molecule has 3 amide bonds. The zero-order valence-electron chi connectivity index (χ0n) is 24.7. The van der Waals surface area contributed by atoms with Crippen LogP contribution in [0.25, 0.3) is 11.1 Å². The summed E-state index contributed by atoms with van der Waals surface area (Å²) in [6, 6.07) is 31.5. The molecule has 1 aromatic heterocycles. The Balaban J connectivity index is 1.29. The normalized spacial score (nSPS) is 11.7. The van der Waals surface area contributed by atoms with E-state index in [2.05, 4.69) is 15.6 Å². The Morgan fingerprint density at radius 1 is 0.761 bits per heavy atom. The Hall–Kier alpha value is -5.77. The lowest BCUT2D eigenvalue weighted by atomic mass is 9.98. The van der Waals surface area contributed by atoms with Crippen LogP contribution in [0.5, 0.6) is 0 Å². The number of halogens is 3. The second-order valence-corrected chi connectivity index (χ2v) is 10.5. The number of pyridine rings is 1. The maximum atomic E-state index is 13.5. The minimum atomic E-state index is -4.47. The monoisotopic (exact) mass is 622 g/mol. The Morgan fingerprint density at radius 2 is 1.39 bits per heavy atom. The van der Waals surface area contributed by atoms with Crippen LogP contribution in [0, 0.1) is 0 Å². The van der Waals surface area contributed by atoms with E-state index in [0.717, 1.165) is 17.7 Å². The van der Waals surface area contributed by atoms with E-state index in [9.17, 15) is 27.6 Å². The Kier molecular flexibility index (Phi) is 9.56. The molecular weight excluding hydrogens is 593 g/mol. The highest BCUT2D eigenvalue weighted by atomic mass is 19.4. The number of carbonyl (C=O) groups excluding carboxylic acids is 3. The van der Waals surface area contributed by atoms with Gasteiger partial charge in [-0.1, -0.05) is 91.0 Å². The van der Waals surface area contributed by atoms with Crippen molar-refractivity contribution in [1.82, 2.24) is 15.2 Å². The number of aromatic nitrogens is 1. The van der Waals surface area contributed by atoms with Crippen LogP contribution in [0.1, 0.15) is 43.4 Å². The third-order valence-corrected chi connectivity index (χ3v) is 7.26. The quantitative estimate of drug-likeness (QED) is 0.183. The van der Waals surface area contributed by atoms with Crippen molar-refractivity contribution in [3.05, 3.63) is 155 Å². The van der Waals surface area contributed by atoms with Gasteiger partial charge < -0.3 is 15.5 Å². The summed E-state index contributed by atoms with van der Waals surface area (Å²) in [5, 5.41) is 5.48. The molecule has 2 N–H and O–H groups in total. The predicted molar refractivity (Wildman–Crippen MR) is 169 cm³/mol. The first kappa shape index (κ1) is 31.6. The fourth-order valence-corrected chi connectivity index (χ4v) is 4.86. The van der Waals surface area contributed by atoms with Gasteiger partial charge in [0.2, 0.25) is 5.91 Å². The van der Waals surface area contributed by atoms with Crippen LogP contribution in [-0.4, -0.2) is 34.7 Å². The van der Waals surface area contributed by atoms with Gasteiger partial charge >= 0.3 is 6.18 Å². The molecule has 10 heteroatoms. The minimum absolute atomic E-state index is 0.155. The molecule has 5 rings (SSSR count). The van der Waals surface area contributed by atoms with Gasteiger partial charge in [0, 0.05) is 25.4 Å². The zero-order chi connectivity index (χ0) is 32.7. The summed E-state index contributed by atoms with van der Waals surface area (Å²) in [5.41, 5.74) is 2.06. The number of rotatable bonds is 9. The fourth-order valence-electron chi connectivity index (χ4n) is 4.86. The number of benzene rings is 4. The lowest BCUT2D eigenvalue weighted by molar-refractivity contribution is -0.137. The van der Waals surface area contributed by atoms with Crippen molar-refractivity contribution < 1.29 is 27.6 Å². The molecule has 0 fully saturated rings. The second-order valence-electron chi connectivity index (χ2n) is 10.5. The molecule has 0 saturated carbocycles. The molecule has 232 valence electrons. The molecule has 7 nitrogen and oxygen atoms in total. The van der Waals surface area contributed by atoms with E-state index in [1.807, 2.05) is 36.4 Å². The number of nitrogens with zero attached hydrogens (tertiary/aromatic N) is 2. The summed E-state index contributed by atoms with van der Waals surface area (Å²) in [6.45, 7) is 0.358. The molecule has 0 aliphatic heterocycles. The van der Waals surface area contributed by atoms with E-state index in [0.29, 0.717) is 23.2 Å². The van der Waals surface area contributed by atoms with Gasteiger partial charge in [-0.05, 0) is 52.6 Å². The largest absolute Gasteiger partial charge is 0.416 e. The van der Waals surface area contributed by atoms with Crippen molar-refractivity contribution in [2.45, 2.75) is 18.8 Å². The highest BCUT2D eigenvalue weighted by Gasteiger charge is 2.30. The molecule has 0 saturated heterocycles. The summed E-state index contributed by atoms with van der Waals surface area (Å²) in [4.78, 5) is 45.7. The topological polar surface area (TPSA) is 91.4 Å². The van der Waals surface area contributed by atoms with Gasteiger partial charge in [0.05, 0.1) is 11.1 Å². The molecule has 1 atom stereocenters. The second kappa shape index (κ2) is 13.9. The van der Waals surface area contributed by atoms with E-state index in [1.54, 1.807) is 60.5 Å². The van der Waals surface area contributed by atoms with Crippen LogP contribution < -0.4 is 10.6 Å². The smallest absolute Gasteiger partial charge is 0.339 e. The number of anilines is 1. The van der Waals surface area contributed by atoms with E-state index in [4.69, 9.17) is 0 Å². The number of likely N-dealkylation sites (N-methyl/N-ethyl adjacent to an activating group) is 1. The van der Waals surface area contributed by atoms with Crippen molar-refractivity contribution in [1.29, 1.82) is 0 Å². The molecule has 46 heavy (non-hydrogen) atoms. The number of hydrogen-bond acceptors (Lipinski definition) is 4. The lowest BCUT2D eigenvalue weighted by Crippen LogP contribution is -2.41. The first-order valence-electron chi connectivity index (χ1n) is 14.3. The van der Waals surface area contributed by atoms with Crippen LogP contribution in [0.2, 0.25) is 0 Å². The fraction of sp³-hybridized carbons (Fsp3) is 0.111. The molecule has 4 aromatic carbocycles. The van der Waals surface area contributed by atoms with Gasteiger partial charge in [-0.15, -0.1) is 0 Å². The van der Waals surface area contributed by atoms with Crippen molar-refractivity contribution in [3.8, 4) is 11.1 Å². The molecule has 1 heterocycles. The van der Waals surface area contributed by atoms with Gasteiger partial charge in [-0.2, -0.15) is 13.2 Å².